The van der Waals surface area contributed by atoms with Gasteiger partial charge >= 0.3 is 12.2 Å². The standard InChI is InChI=1S/C35H30N2O5S/c1-3-41-32(39)36-34(27-21-13-7-14-22-27)30(26-19-11-6-12-20-26)29(25-17-9-5-10-18-25)31(38)35(34,28-23-15-8-16-24-28)37(43-36)33(40)42-4-2/h5-24H,3-4H2,1-2H3. The van der Waals surface area contributed by atoms with E-state index in [-0.39, 0.29) is 19.0 Å². The van der Waals surface area contributed by atoms with E-state index in [0.29, 0.717) is 27.8 Å². The van der Waals surface area contributed by atoms with Crippen LogP contribution in [0.3, 0.4) is 0 Å². The van der Waals surface area contributed by atoms with E-state index >= 15 is 4.79 Å². The molecule has 1 aliphatic heterocycles. The van der Waals surface area contributed by atoms with Gasteiger partial charge in [-0.15, -0.1) is 0 Å². The summed E-state index contributed by atoms with van der Waals surface area (Å²) in [6.07, 6.45) is -1.42. The normalized spacial score (nSPS) is 21.1. The van der Waals surface area contributed by atoms with E-state index in [2.05, 4.69) is 0 Å². The van der Waals surface area contributed by atoms with Crippen LogP contribution in [-0.4, -0.2) is 39.8 Å². The Balaban J connectivity index is 1.86. The van der Waals surface area contributed by atoms with Crippen LogP contribution in [-0.2, 0) is 25.3 Å². The molecule has 2 atom stereocenters. The van der Waals surface area contributed by atoms with Gasteiger partial charge in [0.1, 0.15) is 5.54 Å². The second-order valence-electron chi connectivity index (χ2n) is 10.0. The maximum atomic E-state index is 15.6. The summed E-state index contributed by atoms with van der Waals surface area (Å²) in [5.74, 6) is -0.333. The molecule has 1 saturated heterocycles. The zero-order chi connectivity index (χ0) is 30.0. The topological polar surface area (TPSA) is 76.2 Å². The number of hydrogen-bond donors (Lipinski definition) is 0. The molecule has 6 rings (SSSR count). The van der Waals surface area contributed by atoms with Crippen molar-refractivity contribution in [1.29, 1.82) is 0 Å². The zero-order valence-corrected chi connectivity index (χ0v) is 24.6. The minimum Gasteiger partial charge on any atom is -0.449 e. The van der Waals surface area contributed by atoms with Crippen molar-refractivity contribution in [2.45, 2.75) is 24.9 Å². The van der Waals surface area contributed by atoms with Crippen molar-refractivity contribution in [2.75, 3.05) is 13.2 Å². The van der Waals surface area contributed by atoms with Crippen molar-refractivity contribution in [3.8, 4) is 0 Å². The molecule has 0 spiro atoms. The van der Waals surface area contributed by atoms with E-state index in [0.717, 1.165) is 17.7 Å². The van der Waals surface area contributed by atoms with Crippen LogP contribution in [0.2, 0.25) is 0 Å². The van der Waals surface area contributed by atoms with Crippen molar-refractivity contribution in [1.82, 2.24) is 8.61 Å². The predicted molar refractivity (Wildman–Crippen MR) is 166 cm³/mol. The number of benzene rings is 4. The average molecular weight is 591 g/mol. The molecule has 2 aliphatic rings. The molecule has 2 unspecified atom stereocenters. The molecule has 1 heterocycles. The van der Waals surface area contributed by atoms with Gasteiger partial charge in [-0.3, -0.25) is 4.79 Å². The number of ketones is 1. The quantitative estimate of drug-likeness (QED) is 0.217. The minimum absolute atomic E-state index is 0.0806. The number of ether oxygens (including phenoxy) is 2. The third kappa shape index (κ3) is 4.08. The van der Waals surface area contributed by atoms with Crippen molar-refractivity contribution in [3.05, 3.63) is 144 Å². The van der Waals surface area contributed by atoms with E-state index in [9.17, 15) is 9.59 Å². The lowest BCUT2D eigenvalue weighted by atomic mass is 9.66. The van der Waals surface area contributed by atoms with Crippen LogP contribution in [0.15, 0.2) is 121 Å². The first-order valence-electron chi connectivity index (χ1n) is 14.2. The third-order valence-corrected chi connectivity index (χ3v) is 9.01. The largest absolute Gasteiger partial charge is 0.449 e. The summed E-state index contributed by atoms with van der Waals surface area (Å²) >= 11 is 0.848. The van der Waals surface area contributed by atoms with Crippen molar-refractivity contribution in [2.24, 2.45) is 0 Å². The zero-order valence-electron chi connectivity index (χ0n) is 23.8. The summed E-state index contributed by atoms with van der Waals surface area (Å²) < 4.78 is 14.0. The molecule has 8 heteroatoms. The van der Waals surface area contributed by atoms with Crippen LogP contribution in [0.5, 0.6) is 0 Å². The number of carbonyl (C=O) groups is 3. The average Bonchev–Trinajstić information content (AvgIpc) is 3.50. The molecule has 0 N–H and O–H groups in total. The molecule has 1 fully saturated rings. The van der Waals surface area contributed by atoms with Gasteiger partial charge in [0.15, 0.2) is 11.3 Å². The summed E-state index contributed by atoms with van der Waals surface area (Å²) in [5, 5.41) is 0. The summed E-state index contributed by atoms with van der Waals surface area (Å²) in [6.45, 7) is 3.62. The Morgan fingerprint density at radius 3 is 1.47 bits per heavy atom. The first-order valence-corrected chi connectivity index (χ1v) is 14.9. The minimum atomic E-state index is -1.77. The lowest BCUT2D eigenvalue weighted by Gasteiger charge is -2.45. The van der Waals surface area contributed by atoms with Crippen molar-refractivity contribution >= 4 is 41.2 Å². The van der Waals surface area contributed by atoms with Gasteiger partial charge in [0.25, 0.3) is 0 Å². The van der Waals surface area contributed by atoms with E-state index in [1.54, 1.807) is 13.8 Å². The summed E-state index contributed by atoms with van der Waals surface area (Å²) in [6, 6.07) is 37.5. The molecule has 0 radical (unpaired) electrons. The molecule has 7 nitrogen and oxygen atoms in total. The number of Topliss-reactive ketones (excluding diaryl/α,β-unsaturated/α-hetero) is 1. The molecule has 2 amide bonds. The fourth-order valence-electron chi connectivity index (χ4n) is 6.34. The van der Waals surface area contributed by atoms with Gasteiger partial charge in [-0.1, -0.05) is 121 Å². The van der Waals surface area contributed by atoms with Crippen LogP contribution in [0, 0.1) is 0 Å². The summed E-state index contributed by atoms with van der Waals surface area (Å²) in [5.41, 5.74) is 0.245. The van der Waals surface area contributed by atoms with Crippen molar-refractivity contribution in [3.63, 3.8) is 0 Å². The maximum absolute atomic E-state index is 15.6. The number of hydrogen-bond acceptors (Lipinski definition) is 6. The molecule has 0 bridgehead atoms. The highest BCUT2D eigenvalue weighted by Gasteiger charge is 2.79. The number of carbonyl (C=O) groups excluding carboxylic acids is 3. The Labute approximate surface area is 255 Å². The fraction of sp³-hybridized carbons (Fsp3) is 0.171. The van der Waals surface area contributed by atoms with Gasteiger partial charge < -0.3 is 9.47 Å². The highest BCUT2D eigenvalue weighted by Crippen LogP contribution is 2.71. The monoisotopic (exact) mass is 590 g/mol. The Bertz CT molecular complexity index is 1680. The second-order valence-corrected chi connectivity index (χ2v) is 10.9. The van der Waals surface area contributed by atoms with Crippen LogP contribution in [0.4, 0.5) is 9.59 Å². The molecule has 4 aromatic carbocycles. The van der Waals surface area contributed by atoms with E-state index in [1.165, 1.54) is 8.61 Å². The van der Waals surface area contributed by atoms with E-state index in [4.69, 9.17) is 9.47 Å². The molecular formula is C35H30N2O5S. The van der Waals surface area contributed by atoms with Crippen LogP contribution < -0.4 is 0 Å². The molecular weight excluding hydrogens is 560 g/mol. The first kappa shape index (κ1) is 28.3. The van der Waals surface area contributed by atoms with Gasteiger partial charge in [0, 0.05) is 11.1 Å². The van der Waals surface area contributed by atoms with Gasteiger partial charge in [0.2, 0.25) is 0 Å². The van der Waals surface area contributed by atoms with Gasteiger partial charge in [-0.05, 0) is 36.1 Å². The van der Waals surface area contributed by atoms with E-state index < -0.39 is 23.3 Å². The Morgan fingerprint density at radius 2 is 1.00 bits per heavy atom. The van der Waals surface area contributed by atoms with E-state index in [1.807, 2.05) is 121 Å². The molecule has 1 aliphatic carbocycles. The highest BCUT2D eigenvalue weighted by molar-refractivity contribution is 7.96. The third-order valence-electron chi connectivity index (χ3n) is 7.84. The lowest BCUT2D eigenvalue weighted by molar-refractivity contribution is -0.124. The number of rotatable bonds is 6. The van der Waals surface area contributed by atoms with Crippen LogP contribution in [0.25, 0.3) is 11.1 Å². The van der Waals surface area contributed by atoms with Gasteiger partial charge in [-0.2, -0.15) is 0 Å². The lowest BCUT2D eigenvalue weighted by Crippen LogP contribution is -2.60. The Hall–Kier alpha value is -4.82. The molecule has 4 aromatic rings. The SMILES string of the molecule is CCOC(=O)N1SN(C(=O)OCC)C2(c3ccccc3)C(c3ccccc3)=C(c3ccccc3)C(=O)C12c1ccccc1. The highest BCUT2D eigenvalue weighted by atomic mass is 32.2. The van der Waals surface area contributed by atoms with Crippen molar-refractivity contribution < 1.29 is 23.9 Å². The predicted octanol–water partition coefficient (Wildman–Crippen LogP) is 7.46. The first-order chi connectivity index (χ1) is 21.0. The second kappa shape index (κ2) is 11.5. The maximum Gasteiger partial charge on any atom is 0.422 e. The molecule has 0 aromatic heterocycles. The number of fused-ring (bicyclic) bond motifs is 1. The number of nitrogens with zero attached hydrogens (tertiary/aromatic N) is 2. The molecule has 0 saturated carbocycles. The molecule has 43 heavy (non-hydrogen) atoms. The summed E-state index contributed by atoms with van der Waals surface area (Å²) in [7, 11) is 0. The smallest absolute Gasteiger partial charge is 0.422 e. The summed E-state index contributed by atoms with van der Waals surface area (Å²) in [4.78, 5) is 43.8. The van der Waals surface area contributed by atoms with Gasteiger partial charge in [-0.25, -0.2) is 18.2 Å². The van der Waals surface area contributed by atoms with Gasteiger partial charge in [0.05, 0.1) is 25.3 Å². The van der Waals surface area contributed by atoms with Crippen LogP contribution >= 0.6 is 12.1 Å². The number of amides is 2. The Morgan fingerprint density at radius 1 is 0.605 bits per heavy atom. The van der Waals surface area contributed by atoms with Crippen LogP contribution in [0.1, 0.15) is 36.1 Å². The Kier molecular flexibility index (Phi) is 7.54. The fourth-order valence-corrected chi connectivity index (χ4v) is 7.64. The molecule has 216 valence electrons.